The molecule has 0 aliphatic carbocycles. The minimum Gasteiger partial charge on any atom is -0.490 e. The number of carboxylic acid groups (broad SMARTS) is 1. The van der Waals surface area contributed by atoms with Gasteiger partial charge < -0.3 is 14.6 Å². The lowest BCUT2D eigenvalue weighted by molar-refractivity contribution is -0.147. The monoisotopic (exact) mass is 263 g/mol. The Balaban J connectivity index is 1.63. The van der Waals surface area contributed by atoms with Crippen molar-refractivity contribution in [3.05, 3.63) is 23.8 Å². The Morgan fingerprint density at radius 3 is 2.74 bits per heavy atom. The predicted octanol–water partition coefficient (Wildman–Crippen LogP) is 1.36. The number of likely N-dealkylation sites (tertiary alicyclic amines) is 1. The van der Waals surface area contributed by atoms with Crippen LogP contribution >= 0.6 is 0 Å². The molecular formula is C14H17NO4. The molecule has 19 heavy (non-hydrogen) atoms. The van der Waals surface area contributed by atoms with E-state index in [2.05, 4.69) is 4.90 Å². The van der Waals surface area contributed by atoms with Crippen LogP contribution in [0.3, 0.4) is 0 Å². The fourth-order valence-electron chi connectivity index (χ4n) is 2.42. The molecule has 0 unspecified atom stereocenters. The normalized spacial score (nSPS) is 19.6. The standard InChI is InChI=1S/C14H17NO4/c16-14(17)11-8-15(9-11)7-10-2-3-12-13(6-10)19-5-1-4-18-12/h2-3,6,11H,1,4-5,7-9H2,(H,16,17). The molecule has 1 N–H and O–H groups in total. The summed E-state index contributed by atoms with van der Waals surface area (Å²) in [7, 11) is 0. The molecule has 2 heterocycles. The molecule has 0 aromatic heterocycles. The zero-order valence-corrected chi connectivity index (χ0v) is 10.7. The average Bonchev–Trinajstić information content (AvgIpc) is 2.57. The third-order valence-electron chi connectivity index (χ3n) is 3.52. The Labute approximate surface area is 111 Å². The molecule has 102 valence electrons. The molecule has 0 spiro atoms. The van der Waals surface area contributed by atoms with E-state index in [0.29, 0.717) is 26.3 Å². The van der Waals surface area contributed by atoms with E-state index in [1.807, 2.05) is 18.2 Å². The second kappa shape index (κ2) is 5.09. The molecule has 0 atom stereocenters. The third kappa shape index (κ3) is 2.66. The largest absolute Gasteiger partial charge is 0.490 e. The van der Waals surface area contributed by atoms with Gasteiger partial charge in [0.15, 0.2) is 11.5 Å². The van der Waals surface area contributed by atoms with Crippen LogP contribution in [0.4, 0.5) is 0 Å². The van der Waals surface area contributed by atoms with Crippen LogP contribution in [0.25, 0.3) is 0 Å². The second-order valence-electron chi connectivity index (χ2n) is 5.06. The SMILES string of the molecule is O=C(O)C1CN(Cc2ccc3c(c2)OCCCO3)C1. The van der Waals surface area contributed by atoms with Gasteiger partial charge in [0.2, 0.25) is 0 Å². The van der Waals surface area contributed by atoms with E-state index in [9.17, 15) is 4.79 Å². The summed E-state index contributed by atoms with van der Waals surface area (Å²) in [5.41, 5.74) is 1.13. The van der Waals surface area contributed by atoms with Gasteiger partial charge in [0.05, 0.1) is 19.1 Å². The first-order valence-corrected chi connectivity index (χ1v) is 6.56. The van der Waals surface area contributed by atoms with Gasteiger partial charge in [-0.15, -0.1) is 0 Å². The van der Waals surface area contributed by atoms with Crippen LogP contribution in [0.2, 0.25) is 0 Å². The molecule has 1 aromatic carbocycles. The highest BCUT2D eigenvalue weighted by molar-refractivity contribution is 5.71. The third-order valence-corrected chi connectivity index (χ3v) is 3.52. The van der Waals surface area contributed by atoms with Gasteiger partial charge in [-0.3, -0.25) is 9.69 Å². The first-order valence-electron chi connectivity index (χ1n) is 6.56. The maximum Gasteiger partial charge on any atom is 0.309 e. The van der Waals surface area contributed by atoms with Gasteiger partial charge in [-0.05, 0) is 17.7 Å². The molecule has 1 fully saturated rings. The first kappa shape index (κ1) is 12.3. The van der Waals surface area contributed by atoms with E-state index >= 15 is 0 Å². The zero-order chi connectivity index (χ0) is 13.2. The number of rotatable bonds is 3. The van der Waals surface area contributed by atoms with Crippen molar-refractivity contribution in [2.75, 3.05) is 26.3 Å². The lowest BCUT2D eigenvalue weighted by Crippen LogP contribution is -2.49. The summed E-state index contributed by atoms with van der Waals surface area (Å²) in [4.78, 5) is 12.9. The number of hydrogen-bond donors (Lipinski definition) is 1. The fourth-order valence-corrected chi connectivity index (χ4v) is 2.42. The van der Waals surface area contributed by atoms with E-state index < -0.39 is 5.97 Å². The molecule has 1 aromatic rings. The molecule has 5 nitrogen and oxygen atoms in total. The van der Waals surface area contributed by atoms with E-state index in [1.165, 1.54) is 0 Å². The Bertz CT molecular complexity index is 482. The maximum atomic E-state index is 10.7. The van der Waals surface area contributed by atoms with Crippen molar-refractivity contribution in [1.29, 1.82) is 0 Å². The second-order valence-corrected chi connectivity index (χ2v) is 5.06. The molecule has 0 amide bonds. The molecule has 3 rings (SSSR count). The van der Waals surface area contributed by atoms with Crippen LogP contribution in [0.1, 0.15) is 12.0 Å². The Morgan fingerprint density at radius 2 is 2.00 bits per heavy atom. The van der Waals surface area contributed by atoms with Crippen LogP contribution in [0, 0.1) is 5.92 Å². The topological polar surface area (TPSA) is 59.0 Å². The summed E-state index contributed by atoms with van der Waals surface area (Å²) in [5, 5.41) is 8.84. The van der Waals surface area contributed by atoms with Crippen LogP contribution < -0.4 is 9.47 Å². The minimum absolute atomic E-state index is 0.208. The first-order chi connectivity index (χ1) is 9.22. The number of carbonyl (C=O) groups is 1. The summed E-state index contributed by atoms with van der Waals surface area (Å²) in [6.45, 7) is 3.40. The summed E-state index contributed by atoms with van der Waals surface area (Å²) in [5.74, 6) is 0.689. The van der Waals surface area contributed by atoms with Gasteiger partial charge in [0, 0.05) is 26.1 Å². The number of aliphatic carboxylic acids is 1. The highest BCUT2D eigenvalue weighted by atomic mass is 16.5. The van der Waals surface area contributed by atoms with Gasteiger partial charge in [0.1, 0.15) is 0 Å². The van der Waals surface area contributed by atoms with E-state index in [-0.39, 0.29) is 5.92 Å². The Kier molecular flexibility index (Phi) is 3.29. The highest BCUT2D eigenvalue weighted by Crippen LogP contribution is 2.31. The van der Waals surface area contributed by atoms with Gasteiger partial charge in [-0.2, -0.15) is 0 Å². The van der Waals surface area contributed by atoms with E-state index in [1.54, 1.807) is 0 Å². The average molecular weight is 263 g/mol. The molecule has 0 saturated carbocycles. The van der Waals surface area contributed by atoms with Gasteiger partial charge >= 0.3 is 5.97 Å². The van der Waals surface area contributed by atoms with Crippen molar-refractivity contribution >= 4 is 5.97 Å². The van der Waals surface area contributed by atoms with Crippen molar-refractivity contribution in [3.8, 4) is 11.5 Å². The molecule has 0 radical (unpaired) electrons. The number of nitrogens with zero attached hydrogens (tertiary/aromatic N) is 1. The summed E-state index contributed by atoms with van der Waals surface area (Å²) in [6, 6.07) is 5.95. The van der Waals surface area contributed by atoms with Gasteiger partial charge in [-0.1, -0.05) is 6.07 Å². The lowest BCUT2D eigenvalue weighted by atomic mass is 9.99. The van der Waals surface area contributed by atoms with Gasteiger partial charge in [0.25, 0.3) is 0 Å². The molecule has 2 aliphatic heterocycles. The van der Waals surface area contributed by atoms with Crippen molar-refractivity contribution in [1.82, 2.24) is 4.90 Å². The predicted molar refractivity (Wildman–Crippen MR) is 68.5 cm³/mol. The van der Waals surface area contributed by atoms with Crippen LogP contribution in [0.5, 0.6) is 11.5 Å². The molecule has 2 aliphatic rings. The van der Waals surface area contributed by atoms with Crippen molar-refractivity contribution in [2.24, 2.45) is 5.92 Å². The maximum absolute atomic E-state index is 10.7. The van der Waals surface area contributed by atoms with E-state index in [0.717, 1.165) is 30.0 Å². The Morgan fingerprint density at radius 1 is 1.26 bits per heavy atom. The summed E-state index contributed by atoms with van der Waals surface area (Å²) >= 11 is 0. The van der Waals surface area contributed by atoms with Crippen LogP contribution in [-0.2, 0) is 11.3 Å². The molecular weight excluding hydrogens is 246 g/mol. The number of carboxylic acids is 1. The zero-order valence-electron chi connectivity index (χ0n) is 10.7. The lowest BCUT2D eigenvalue weighted by Gasteiger charge is -2.36. The van der Waals surface area contributed by atoms with E-state index in [4.69, 9.17) is 14.6 Å². The van der Waals surface area contributed by atoms with Crippen molar-refractivity contribution in [2.45, 2.75) is 13.0 Å². The number of hydrogen-bond acceptors (Lipinski definition) is 4. The minimum atomic E-state index is -0.699. The number of benzene rings is 1. The number of ether oxygens (including phenoxy) is 2. The number of fused-ring (bicyclic) bond motifs is 1. The van der Waals surface area contributed by atoms with Crippen molar-refractivity contribution < 1.29 is 19.4 Å². The Hall–Kier alpha value is -1.75. The molecule has 5 heteroatoms. The summed E-state index contributed by atoms with van der Waals surface area (Å²) < 4.78 is 11.2. The summed E-state index contributed by atoms with van der Waals surface area (Å²) in [6.07, 6.45) is 0.899. The van der Waals surface area contributed by atoms with Crippen molar-refractivity contribution in [3.63, 3.8) is 0 Å². The smallest absolute Gasteiger partial charge is 0.309 e. The quantitative estimate of drug-likeness (QED) is 0.892. The molecule has 0 bridgehead atoms. The highest BCUT2D eigenvalue weighted by Gasteiger charge is 2.32. The van der Waals surface area contributed by atoms with Gasteiger partial charge in [-0.25, -0.2) is 0 Å². The molecule has 1 saturated heterocycles. The fraction of sp³-hybridized carbons (Fsp3) is 0.500. The van der Waals surface area contributed by atoms with Crippen LogP contribution in [-0.4, -0.2) is 42.3 Å². The van der Waals surface area contributed by atoms with Crippen LogP contribution in [0.15, 0.2) is 18.2 Å².